The standard InChI is InChI=1S/C17H25NO7/c1-12(9-22-4)23-10-13(2)24-11-14(3)25-17(19)15-5-7-16(8-6-15)18(20)21/h5-8,12-14H,9-11H2,1-4H3. The third-order valence-corrected chi connectivity index (χ3v) is 3.25. The molecule has 0 N–H and O–H groups in total. The fraction of sp³-hybridized carbons (Fsp3) is 0.588. The van der Waals surface area contributed by atoms with E-state index >= 15 is 0 Å². The molecule has 0 radical (unpaired) electrons. The zero-order valence-electron chi connectivity index (χ0n) is 15.0. The van der Waals surface area contributed by atoms with Crippen LogP contribution in [-0.4, -0.2) is 56.1 Å². The molecule has 0 aromatic heterocycles. The number of ether oxygens (including phenoxy) is 4. The minimum Gasteiger partial charge on any atom is -0.457 e. The lowest BCUT2D eigenvalue weighted by Crippen LogP contribution is -2.27. The molecule has 1 aromatic rings. The Balaban J connectivity index is 2.34. The molecule has 0 bridgehead atoms. The molecular weight excluding hydrogens is 330 g/mol. The summed E-state index contributed by atoms with van der Waals surface area (Å²) in [5.74, 6) is -0.552. The zero-order valence-corrected chi connectivity index (χ0v) is 15.0. The van der Waals surface area contributed by atoms with Gasteiger partial charge in [0.1, 0.15) is 6.10 Å². The van der Waals surface area contributed by atoms with Crippen LogP contribution in [0, 0.1) is 10.1 Å². The summed E-state index contributed by atoms with van der Waals surface area (Å²) in [5, 5.41) is 10.6. The molecule has 0 aliphatic rings. The van der Waals surface area contributed by atoms with Gasteiger partial charge in [0.2, 0.25) is 0 Å². The Morgan fingerprint density at radius 3 is 2.04 bits per heavy atom. The van der Waals surface area contributed by atoms with E-state index in [1.54, 1.807) is 14.0 Å². The van der Waals surface area contributed by atoms with Crippen molar-refractivity contribution in [2.75, 3.05) is 26.9 Å². The van der Waals surface area contributed by atoms with Gasteiger partial charge in [-0.2, -0.15) is 0 Å². The molecule has 1 rings (SSSR count). The van der Waals surface area contributed by atoms with Crippen LogP contribution in [-0.2, 0) is 18.9 Å². The summed E-state index contributed by atoms with van der Waals surface area (Å²) in [6, 6.07) is 5.25. The predicted molar refractivity (Wildman–Crippen MR) is 90.7 cm³/mol. The summed E-state index contributed by atoms with van der Waals surface area (Å²) >= 11 is 0. The number of rotatable bonds is 11. The van der Waals surface area contributed by atoms with Gasteiger partial charge in [-0.25, -0.2) is 4.79 Å². The fourth-order valence-electron chi connectivity index (χ4n) is 1.93. The maximum Gasteiger partial charge on any atom is 0.338 e. The largest absolute Gasteiger partial charge is 0.457 e. The molecule has 0 aliphatic heterocycles. The third kappa shape index (κ3) is 8.06. The summed E-state index contributed by atoms with van der Waals surface area (Å²) in [6.07, 6.45) is -0.630. The molecule has 1 aromatic carbocycles. The number of benzene rings is 1. The van der Waals surface area contributed by atoms with E-state index in [1.807, 2.05) is 13.8 Å². The summed E-state index contributed by atoms with van der Waals surface area (Å²) in [4.78, 5) is 22.1. The van der Waals surface area contributed by atoms with Crippen molar-refractivity contribution in [1.29, 1.82) is 0 Å². The normalized spacial score (nSPS) is 14.6. The van der Waals surface area contributed by atoms with Crippen molar-refractivity contribution in [3.63, 3.8) is 0 Å². The second-order valence-electron chi connectivity index (χ2n) is 5.76. The molecule has 0 heterocycles. The second-order valence-corrected chi connectivity index (χ2v) is 5.76. The highest BCUT2D eigenvalue weighted by Gasteiger charge is 2.15. The number of nitro groups is 1. The smallest absolute Gasteiger partial charge is 0.338 e. The monoisotopic (exact) mass is 355 g/mol. The Labute approximate surface area is 147 Å². The number of esters is 1. The molecule has 0 fully saturated rings. The highest BCUT2D eigenvalue weighted by molar-refractivity contribution is 5.89. The topological polar surface area (TPSA) is 97.1 Å². The van der Waals surface area contributed by atoms with Crippen LogP contribution in [0.25, 0.3) is 0 Å². The molecule has 3 atom stereocenters. The number of non-ortho nitro benzene ring substituents is 1. The van der Waals surface area contributed by atoms with Crippen LogP contribution in [0.1, 0.15) is 31.1 Å². The molecule has 0 amide bonds. The number of hydrogen-bond acceptors (Lipinski definition) is 7. The van der Waals surface area contributed by atoms with Crippen LogP contribution in [0.4, 0.5) is 5.69 Å². The number of carbonyl (C=O) groups is 1. The molecule has 8 nitrogen and oxygen atoms in total. The van der Waals surface area contributed by atoms with E-state index in [0.29, 0.717) is 13.2 Å². The highest BCUT2D eigenvalue weighted by atomic mass is 16.6. The predicted octanol–water partition coefficient (Wildman–Crippen LogP) is 2.60. The SMILES string of the molecule is COCC(C)OCC(C)OCC(C)OC(=O)c1ccc([N+](=O)[O-])cc1. The Bertz CT molecular complexity index is 546. The number of nitro benzene ring substituents is 1. The van der Waals surface area contributed by atoms with Crippen LogP contribution < -0.4 is 0 Å². The van der Waals surface area contributed by atoms with Gasteiger partial charge in [0, 0.05) is 19.2 Å². The van der Waals surface area contributed by atoms with Crippen molar-refractivity contribution in [1.82, 2.24) is 0 Å². The summed E-state index contributed by atoms with van der Waals surface area (Å²) in [7, 11) is 1.61. The van der Waals surface area contributed by atoms with E-state index in [0.717, 1.165) is 0 Å². The first-order chi connectivity index (χ1) is 11.8. The van der Waals surface area contributed by atoms with Crippen molar-refractivity contribution >= 4 is 11.7 Å². The van der Waals surface area contributed by atoms with E-state index in [9.17, 15) is 14.9 Å². The van der Waals surface area contributed by atoms with Crippen molar-refractivity contribution < 1.29 is 28.7 Å². The van der Waals surface area contributed by atoms with Crippen molar-refractivity contribution in [2.24, 2.45) is 0 Å². The first kappa shape index (κ1) is 21.0. The molecule has 0 aliphatic carbocycles. The fourth-order valence-corrected chi connectivity index (χ4v) is 1.93. The molecule has 0 saturated heterocycles. The summed E-state index contributed by atoms with van der Waals surface area (Å²) in [6.45, 7) is 6.63. The quantitative estimate of drug-likeness (QED) is 0.342. The summed E-state index contributed by atoms with van der Waals surface area (Å²) < 4.78 is 21.4. The molecule has 3 unspecified atom stereocenters. The van der Waals surface area contributed by atoms with Gasteiger partial charge >= 0.3 is 5.97 Å². The van der Waals surface area contributed by atoms with Crippen LogP contribution in [0.15, 0.2) is 24.3 Å². The van der Waals surface area contributed by atoms with E-state index in [-0.39, 0.29) is 30.1 Å². The van der Waals surface area contributed by atoms with E-state index in [2.05, 4.69) is 0 Å². The number of methoxy groups -OCH3 is 1. The Morgan fingerprint density at radius 1 is 1.00 bits per heavy atom. The van der Waals surface area contributed by atoms with Crippen molar-refractivity contribution in [3.8, 4) is 0 Å². The van der Waals surface area contributed by atoms with Gasteiger partial charge in [-0.15, -0.1) is 0 Å². The average Bonchev–Trinajstić information content (AvgIpc) is 2.58. The van der Waals surface area contributed by atoms with Crippen molar-refractivity contribution in [2.45, 2.75) is 39.1 Å². The van der Waals surface area contributed by atoms with Gasteiger partial charge in [-0.1, -0.05) is 0 Å². The molecular formula is C17H25NO7. The lowest BCUT2D eigenvalue weighted by Gasteiger charge is -2.19. The molecule has 140 valence electrons. The second kappa shape index (κ2) is 10.8. The number of carbonyl (C=O) groups excluding carboxylic acids is 1. The van der Waals surface area contributed by atoms with E-state index in [4.69, 9.17) is 18.9 Å². The first-order valence-corrected chi connectivity index (χ1v) is 8.01. The average molecular weight is 355 g/mol. The lowest BCUT2D eigenvalue weighted by atomic mass is 10.2. The Morgan fingerprint density at radius 2 is 1.52 bits per heavy atom. The van der Waals surface area contributed by atoms with Gasteiger partial charge in [-0.3, -0.25) is 10.1 Å². The van der Waals surface area contributed by atoms with Gasteiger partial charge in [0.25, 0.3) is 5.69 Å². The van der Waals surface area contributed by atoms with Gasteiger partial charge < -0.3 is 18.9 Å². The summed E-state index contributed by atoms with van der Waals surface area (Å²) in [5.41, 5.74) is 0.173. The maximum absolute atomic E-state index is 12.0. The van der Waals surface area contributed by atoms with Crippen LogP contribution in [0.3, 0.4) is 0 Å². The lowest BCUT2D eigenvalue weighted by molar-refractivity contribution is -0.384. The Kier molecular flexibility index (Phi) is 9.04. The van der Waals surface area contributed by atoms with E-state index < -0.39 is 17.0 Å². The first-order valence-electron chi connectivity index (χ1n) is 8.01. The Hall–Kier alpha value is -2.03. The molecule has 0 saturated carbocycles. The van der Waals surface area contributed by atoms with Gasteiger partial charge in [-0.05, 0) is 32.9 Å². The maximum atomic E-state index is 12.0. The van der Waals surface area contributed by atoms with Gasteiger partial charge in [0.05, 0.1) is 42.5 Å². The molecule has 0 spiro atoms. The minimum atomic E-state index is -0.552. The zero-order chi connectivity index (χ0) is 18.8. The van der Waals surface area contributed by atoms with Crippen LogP contribution in [0.5, 0.6) is 0 Å². The third-order valence-electron chi connectivity index (χ3n) is 3.25. The van der Waals surface area contributed by atoms with Crippen molar-refractivity contribution in [3.05, 3.63) is 39.9 Å². The van der Waals surface area contributed by atoms with E-state index in [1.165, 1.54) is 24.3 Å². The minimum absolute atomic E-state index is 0.0200. The number of nitrogens with zero attached hydrogens (tertiary/aromatic N) is 1. The molecule has 8 heteroatoms. The highest BCUT2D eigenvalue weighted by Crippen LogP contribution is 2.13. The number of hydrogen-bond donors (Lipinski definition) is 0. The van der Waals surface area contributed by atoms with Gasteiger partial charge in [0.15, 0.2) is 0 Å². The van der Waals surface area contributed by atoms with Crippen LogP contribution >= 0.6 is 0 Å². The van der Waals surface area contributed by atoms with Crippen LogP contribution in [0.2, 0.25) is 0 Å². The molecule has 25 heavy (non-hydrogen) atoms.